The molecule has 1 N–H and O–H groups in total. The summed E-state index contributed by atoms with van der Waals surface area (Å²) >= 11 is 0. The fraction of sp³-hybridized carbons (Fsp3) is 0.0800. The Morgan fingerprint density at radius 2 is 1.59 bits per heavy atom. The second kappa shape index (κ2) is 6.40. The third-order valence-corrected chi connectivity index (χ3v) is 5.58. The first-order chi connectivity index (χ1) is 13.4. The zero-order valence-electron chi connectivity index (χ0n) is 15.0. The van der Waals surface area contributed by atoms with Crippen molar-refractivity contribution in [3.05, 3.63) is 120 Å². The molecule has 1 aliphatic rings. The van der Waals surface area contributed by atoms with Crippen LogP contribution in [-0.4, -0.2) is 10.2 Å². The van der Waals surface area contributed by atoms with Crippen LogP contribution >= 0.6 is 0 Å². The van der Waals surface area contributed by atoms with Gasteiger partial charge in [-0.3, -0.25) is 5.10 Å². The molecule has 0 bridgehead atoms. The lowest BCUT2D eigenvalue weighted by molar-refractivity contribution is 0.635. The fourth-order valence-electron chi connectivity index (χ4n) is 4.25. The van der Waals surface area contributed by atoms with Crippen LogP contribution in [0.3, 0.4) is 0 Å². The van der Waals surface area contributed by atoms with Gasteiger partial charge in [0.2, 0.25) is 0 Å². The van der Waals surface area contributed by atoms with Crippen molar-refractivity contribution >= 4 is 6.08 Å². The van der Waals surface area contributed by atoms with Crippen molar-refractivity contribution in [3.8, 4) is 11.1 Å². The zero-order valence-corrected chi connectivity index (χ0v) is 15.0. The van der Waals surface area contributed by atoms with Crippen molar-refractivity contribution in [1.29, 1.82) is 0 Å². The molecule has 2 nitrogen and oxygen atoms in total. The molecule has 0 radical (unpaired) electrons. The van der Waals surface area contributed by atoms with Crippen LogP contribution in [0.5, 0.6) is 0 Å². The molecule has 1 aliphatic carbocycles. The van der Waals surface area contributed by atoms with Crippen molar-refractivity contribution in [2.24, 2.45) is 0 Å². The van der Waals surface area contributed by atoms with Gasteiger partial charge in [-0.25, -0.2) is 0 Å². The monoisotopic (exact) mass is 348 g/mol. The summed E-state index contributed by atoms with van der Waals surface area (Å²) in [6.45, 7) is 0. The van der Waals surface area contributed by atoms with E-state index in [0.717, 1.165) is 12.0 Å². The SMILES string of the molecule is C1=CC(c2ccccc2)(c2ccccc2-c2cn[nH]c2)Cc2ccccc21. The van der Waals surface area contributed by atoms with Crippen LogP contribution in [-0.2, 0) is 11.8 Å². The van der Waals surface area contributed by atoms with Gasteiger partial charge in [-0.1, -0.05) is 91.0 Å². The molecule has 0 saturated heterocycles. The lowest BCUT2D eigenvalue weighted by atomic mass is 9.66. The minimum Gasteiger partial charge on any atom is -0.285 e. The summed E-state index contributed by atoms with van der Waals surface area (Å²) in [5.41, 5.74) is 7.45. The lowest BCUT2D eigenvalue weighted by Gasteiger charge is -2.37. The number of hydrogen-bond acceptors (Lipinski definition) is 1. The van der Waals surface area contributed by atoms with Crippen LogP contribution in [0.25, 0.3) is 17.2 Å². The van der Waals surface area contributed by atoms with Gasteiger partial charge in [-0.15, -0.1) is 0 Å². The maximum absolute atomic E-state index is 4.17. The highest BCUT2D eigenvalue weighted by atomic mass is 15.1. The molecule has 1 heterocycles. The summed E-state index contributed by atoms with van der Waals surface area (Å²) < 4.78 is 0. The summed E-state index contributed by atoms with van der Waals surface area (Å²) in [5, 5.41) is 7.13. The van der Waals surface area contributed by atoms with Crippen LogP contribution < -0.4 is 0 Å². The average molecular weight is 348 g/mol. The minimum absolute atomic E-state index is 0.205. The molecule has 0 amide bonds. The molecule has 0 fully saturated rings. The molecule has 2 heteroatoms. The number of aromatic amines is 1. The molecule has 130 valence electrons. The predicted octanol–water partition coefficient (Wildman–Crippen LogP) is 5.63. The number of H-pyrrole nitrogens is 1. The molecular weight excluding hydrogens is 328 g/mol. The maximum atomic E-state index is 4.17. The zero-order chi connectivity index (χ0) is 18.1. The number of aromatic nitrogens is 2. The van der Waals surface area contributed by atoms with Gasteiger partial charge in [0, 0.05) is 17.2 Å². The normalized spacial score (nSPS) is 18.2. The summed E-state index contributed by atoms with van der Waals surface area (Å²) in [4.78, 5) is 0. The Balaban J connectivity index is 1.78. The van der Waals surface area contributed by atoms with E-state index in [4.69, 9.17) is 0 Å². The van der Waals surface area contributed by atoms with Gasteiger partial charge in [-0.2, -0.15) is 5.10 Å². The number of nitrogens with zero attached hydrogens (tertiary/aromatic N) is 1. The Labute approximate surface area is 159 Å². The maximum Gasteiger partial charge on any atom is 0.0565 e. The Morgan fingerprint density at radius 3 is 2.44 bits per heavy atom. The summed E-state index contributed by atoms with van der Waals surface area (Å²) in [5.74, 6) is 0. The molecule has 0 spiro atoms. The van der Waals surface area contributed by atoms with Crippen LogP contribution in [0.4, 0.5) is 0 Å². The van der Waals surface area contributed by atoms with Crippen molar-refractivity contribution in [1.82, 2.24) is 10.2 Å². The van der Waals surface area contributed by atoms with Crippen LogP contribution in [0.2, 0.25) is 0 Å². The van der Waals surface area contributed by atoms with E-state index in [9.17, 15) is 0 Å². The van der Waals surface area contributed by atoms with Gasteiger partial charge < -0.3 is 0 Å². The van der Waals surface area contributed by atoms with E-state index in [1.165, 1.54) is 27.8 Å². The first-order valence-electron chi connectivity index (χ1n) is 9.28. The Kier molecular flexibility index (Phi) is 3.75. The largest absolute Gasteiger partial charge is 0.285 e. The molecule has 1 unspecified atom stereocenters. The van der Waals surface area contributed by atoms with E-state index < -0.39 is 0 Å². The van der Waals surface area contributed by atoms with Crippen LogP contribution in [0, 0.1) is 0 Å². The van der Waals surface area contributed by atoms with E-state index in [0.29, 0.717) is 0 Å². The van der Waals surface area contributed by atoms with E-state index >= 15 is 0 Å². The first-order valence-corrected chi connectivity index (χ1v) is 9.28. The standard InChI is InChI=1S/C25H20N2/c1-2-10-22(11-3-1)25(15-14-19-8-4-5-9-20(19)16-25)24-13-7-6-12-23(24)21-17-26-27-18-21/h1-15,17-18H,16H2,(H,26,27). The molecule has 5 rings (SSSR count). The second-order valence-electron chi connectivity index (χ2n) is 7.08. The number of fused-ring (bicyclic) bond motifs is 1. The molecule has 1 aromatic heterocycles. The lowest BCUT2D eigenvalue weighted by Crippen LogP contribution is -2.31. The second-order valence-corrected chi connectivity index (χ2v) is 7.08. The highest BCUT2D eigenvalue weighted by molar-refractivity contribution is 5.73. The molecule has 3 aromatic carbocycles. The van der Waals surface area contributed by atoms with Crippen molar-refractivity contribution < 1.29 is 0 Å². The Bertz CT molecular complexity index is 1090. The fourth-order valence-corrected chi connectivity index (χ4v) is 4.25. The number of rotatable bonds is 3. The topological polar surface area (TPSA) is 28.7 Å². The minimum atomic E-state index is -0.205. The number of allylic oxidation sites excluding steroid dienone is 1. The highest BCUT2D eigenvalue weighted by Crippen LogP contribution is 2.44. The Morgan fingerprint density at radius 1 is 0.815 bits per heavy atom. The van der Waals surface area contributed by atoms with Crippen molar-refractivity contribution in [3.63, 3.8) is 0 Å². The summed E-state index contributed by atoms with van der Waals surface area (Å²) in [6, 6.07) is 28.2. The predicted molar refractivity (Wildman–Crippen MR) is 110 cm³/mol. The number of nitrogens with one attached hydrogen (secondary N) is 1. The molecule has 1 atom stereocenters. The van der Waals surface area contributed by atoms with Gasteiger partial charge in [0.05, 0.1) is 6.20 Å². The van der Waals surface area contributed by atoms with Gasteiger partial charge >= 0.3 is 0 Å². The highest BCUT2D eigenvalue weighted by Gasteiger charge is 2.36. The van der Waals surface area contributed by atoms with E-state index in [1.807, 2.05) is 12.4 Å². The molecule has 0 saturated carbocycles. The van der Waals surface area contributed by atoms with Crippen molar-refractivity contribution in [2.45, 2.75) is 11.8 Å². The summed E-state index contributed by atoms with van der Waals surface area (Å²) in [7, 11) is 0. The molecular formula is C25H20N2. The average Bonchev–Trinajstić information content (AvgIpc) is 3.29. The summed E-state index contributed by atoms with van der Waals surface area (Å²) in [6.07, 6.45) is 9.47. The van der Waals surface area contributed by atoms with E-state index in [2.05, 4.69) is 101 Å². The number of hydrogen-bond donors (Lipinski definition) is 1. The quantitative estimate of drug-likeness (QED) is 0.510. The first kappa shape index (κ1) is 15.8. The molecule has 4 aromatic rings. The third kappa shape index (κ3) is 2.61. The molecule has 27 heavy (non-hydrogen) atoms. The van der Waals surface area contributed by atoms with Gasteiger partial charge in [0.1, 0.15) is 0 Å². The van der Waals surface area contributed by atoms with Crippen LogP contribution in [0.1, 0.15) is 22.3 Å². The number of benzene rings is 3. The third-order valence-electron chi connectivity index (χ3n) is 5.58. The van der Waals surface area contributed by atoms with Gasteiger partial charge in [-0.05, 0) is 34.2 Å². The van der Waals surface area contributed by atoms with Gasteiger partial charge in [0.15, 0.2) is 0 Å². The smallest absolute Gasteiger partial charge is 0.0565 e. The van der Waals surface area contributed by atoms with E-state index in [-0.39, 0.29) is 5.41 Å². The Hall–Kier alpha value is -3.39. The van der Waals surface area contributed by atoms with Gasteiger partial charge in [0.25, 0.3) is 0 Å². The molecule has 0 aliphatic heterocycles. The van der Waals surface area contributed by atoms with E-state index in [1.54, 1.807) is 0 Å². The van der Waals surface area contributed by atoms with Crippen LogP contribution in [0.15, 0.2) is 97.3 Å². The van der Waals surface area contributed by atoms with Crippen molar-refractivity contribution in [2.75, 3.05) is 0 Å².